The van der Waals surface area contributed by atoms with Crippen LogP contribution in [0.2, 0.25) is 0 Å². The summed E-state index contributed by atoms with van der Waals surface area (Å²) in [6, 6.07) is 30.8. The van der Waals surface area contributed by atoms with Crippen molar-refractivity contribution >= 4 is 24.2 Å². The summed E-state index contributed by atoms with van der Waals surface area (Å²) in [6.45, 7) is 8.12. The average Bonchev–Trinajstić information content (AvgIpc) is 2.97. The fourth-order valence-electron chi connectivity index (χ4n) is 3.80. The van der Waals surface area contributed by atoms with Crippen LogP contribution in [0.25, 0.3) is 22.9 Å². The maximum Gasteiger partial charge on any atom is 0.0716 e. The lowest BCUT2D eigenvalue weighted by molar-refractivity contribution is 1.07. The second-order valence-electron chi connectivity index (χ2n) is 8.30. The smallest absolute Gasteiger partial charge is 0.0716 e. The van der Waals surface area contributed by atoms with E-state index in [2.05, 4.69) is 77.9 Å². The first-order valence-corrected chi connectivity index (χ1v) is 12.1. The molecule has 4 aromatic rings. The van der Waals surface area contributed by atoms with Crippen LogP contribution >= 0.6 is 0 Å². The normalized spacial score (nSPS) is 12.2. The quantitative estimate of drug-likeness (QED) is 0.167. The zero-order valence-electron chi connectivity index (χ0n) is 20.7. The number of hydrogen-bond acceptors (Lipinski definition) is 3. The molecule has 180 valence electrons. The summed E-state index contributed by atoms with van der Waals surface area (Å²) in [5, 5.41) is 0. The highest BCUT2D eigenvalue weighted by atomic mass is 14.8. The van der Waals surface area contributed by atoms with E-state index in [0.29, 0.717) is 6.54 Å². The standard InChI is InChI=1S/C34H29N3/c1-3-4-5-7-12-27-18-20-29(21-19-27)34(37-25-28-13-8-6-9-14-28)24-33(35-2)31-16-10-15-30(23-31)32-17-11-22-36-26-32/h3-24,26H,1-2,25H2/b5-4-,12-7+,33-24-,37-34?. The molecule has 0 aliphatic carbocycles. The number of aromatic nitrogens is 1. The fraction of sp³-hybridized carbons (Fsp3) is 0.0294. The molecule has 0 spiro atoms. The van der Waals surface area contributed by atoms with Gasteiger partial charge in [-0.05, 0) is 47.2 Å². The van der Waals surface area contributed by atoms with Crippen LogP contribution in [0.1, 0.15) is 22.3 Å². The summed E-state index contributed by atoms with van der Waals surface area (Å²) in [4.78, 5) is 13.6. The Bertz CT molecular complexity index is 1440. The maximum absolute atomic E-state index is 4.98. The molecule has 0 aliphatic rings. The fourth-order valence-corrected chi connectivity index (χ4v) is 3.80. The molecule has 0 atom stereocenters. The van der Waals surface area contributed by atoms with Crippen LogP contribution in [0, 0.1) is 0 Å². The predicted octanol–water partition coefficient (Wildman–Crippen LogP) is 8.24. The molecule has 0 fully saturated rings. The maximum atomic E-state index is 4.98. The largest absolute Gasteiger partial charge is 0.280 e. The van der Waals surface area contributed by atoms with Crippen LogP contribution in [0.5, 0.6) is 0 Å². The van der Waals surface area contributed by atoms with Gasteiger partial charge in [0.05, 0.1) is 18.0 Å². The Hall–Kier alpha value is -4.89. The molecule has 3 heteroatoms. The molecule has 3 aromatic carbocycles. The van der Waals surface area contributed by atoms with Gasteiger partial charge in [-0.15, -0.1) is 0 Å². The molecule has 0 aliphatic heterocycles. The van der Waals surface area contributed by atoms with Gasteiger partial charge in [0.1, 0.15) is 0 Å². The van der Waals surface area contributed by atoms with Gasteiger partial charge in [-0.3, -0.25) is 15.0 Å². The zero-order valence-corrected chi connectivity index (χ0v) is 20.7. The first-order valence-electron chi connectivity index (χ1n) is 12.1. The first kappa shape index (κ1) is 25.2. The SMILES string of the molecule is C=C/C=C\C=C\c1ccc(C(/C=C(\N=C)c2cccc(-c3cccnc3)c2)=NCc2ccccc2)cc1. The number of nitrogens with zero attached hydrogens (tertiary/aromatic N) is 3. The van der Waals surface area contributed by atoms with Crippen molar-refractivity contribution in [2.75, 3.05) is 0 Å². The van der Waals surface area contributed by atoms with E-state index >= 15 is 0 Å². The van der Waals surface area contributed by atoms with Crippen molar-refractivity contribution in [3.8, 4) is 11.1 Å². The number of allylic oxidation sites excluding steroid dienone is 5. The van der Waals surface area contributed by atoms with Crippen molar-refractivity contribution in [2.24, 2.45) is 9.98 Å². The van der Waals surface area contributed by atoms with Crippen LogP contribution in [-0.4, -0.2) is 17.4 Å². The Morgan fingerprint density at radius 3 is 2.32 bits per heavy atom. The van der Waals surface area contributed by atoms with Crippen molar-refractivity contribution in [3.05, 3.63) is 163 Å². The molecule has 4 rings (SSSR count). The predicted molar refractivity (Wildman–Crippen MR) is 159 cm³/mol. The number of hydrogen-bond donors (Lipinski definition) is 0. The van der Waals surface area contributed by atoms with Crippen molar-refractivity contribution in [1.82, 2.24) is 4.98 Å². The Kier molecular flexibility index (Phi) is 9.04. The third kappa shape index (κ3) is 7.30. The van der Waals surface area contributed by atoms with Gasteiger partial charge < -0.3 is 0 Å². The van der Waals surface area contributed by atoms with Crippen LogP contribution in [0.3, 0.4) is 0 Å². The highest BCUT2D eigenvalue weighted by Crippen LogP contribution is 2.24. The Morgan fingerprint density at radius 1 is 0.784 bits per heavy atom. The molecule has 37 heavy (non-hydrogen) atoms. The van der Waals surface area contributed by atoms with Crippen LogP contribution in [-0.2, 0) is 6.54 Å². The lowest BCUT2D eigenvalue weighted by atomic mass is 10.0. The third-order valence-electron chi connectivity index (χ3n) is 5.73. The second kappa shape index (κ2) is 13.3. The molecule has 0 amide bonds. The minimum Gasteiger partial charge on any atom is -0.280 e. The Balaban J connectivity index is 1.70. The molecule has 0 saturated carbocycles. The summed E-state index contributed by atoms with van der Waals surface area (Å²) >= 11 is 0. The van der Waals surface area contributed by atoms with E-state index in [1.807, 2.05) is 73.0 Å². The molecule has 1 aromatic heterocycles. The number of rotatable bonds is 10. The molecule has 0 N–H and O–H groups in total. The van der Waals surface area contributed by atoms with E-state index in [1.54, 1.807) is 12.3 Å². The molecular formula is C34H29N3. The van der Waals surface area contributed by atoms with Gasteiger partial charge in [0.25, 0.3) is 0 Å². The molecule has 0 bridgehead atoms. The summed E-state index contributed by atoms with van der Waals surface area (Å²) in [6.07, 6.45) is 15.3. The third-order valence-corrected chi connectivity index (χ3v) is 5.73. The lowest BCUT2D eigenvalue weighted by Crippen LogP contribution is -2.00. The molecule has 1 heterocycles. The Morgan fingerprint density at radius 2 is 1.59 bits per heavy atom. The van der Waals surface area contributed by atoms with Crippen molar-refractivity contribution in [3.63, 3.8) is 0 Å². The minimum atomic E-state index is 0.570. The van der Waals surface area contributed by atoms with E-state index in [1.165, 1.54) is 0 Å². The van der Waals surface area contributed by atoms with Gasteiger partial charge in [0.15, 0.2) is 0 Å². The van der Waals surface area contributed by atoms with Crippen LogP contribution in [0.4, 0.5) is 0 Å². The van der Waals surface area contributed by atoms with Gasteiger partial charge >= 0.3 is 0 Å². The van der Waals surface area contributed by atoms with E-state index in [9.17, 15) is 0 Å². The monoisotopic (exact) mass is 479 g/mol. The molecule has 0 radical (unpaired) electrons. The van der Waals surface area contributed by atoms with Crippen LogP contribution < -0.4 is 0 Å². The summed E-state index contributed by atoms with van der Waals surface area (Å²) < 4.78 is 0. The number of benzene rings is 3. The average molecular weight is 480 g/mol. The summed E-state index contributed by atoms with van der Waals surface area (Å²) in [5.74, 6) is 0. The Labute approximate surface area is 219 Å². The van der Waals surface area contributed by atoms with Gasteiger partial charge in [-0.25, -0.2) is 0 Å². The van der Waals surface area contributed by atoms with Gasteiger partial charge in [-0.1, -0.05) is 116 Å². The topological polar surface area (TPSA) is 37.6 Å². The zero-order chi connectivity index (χ0) is 25.7. The number of aliphatic imine (C=N–C) groups is 2. The van der Waals surface area contributed by atoms with Crippen molar-refractivity contribution in [1.29, 1.82) is 0 Å². The molecular weight excluding hydrogens is 450 g/mol. The second-order valence-corrected chi connectivity index (χ2v) is 8.30. The van der Waals surface area contributed by atoms with E-state index < -0.39 is 0 Å². The van der Waals surface area contributed by atoms with Crippen molar-refractivity contribution < 1.29 is 0 Å². The first-order chi connectivity index (χ1) is 18.3. The molecule has 0 saturated heterocycles. The van der Waals surface area contributed by atoms with E-state index in [4.69, 9.17) is 4.99 Å². The number of pyridine rings is 1. The van der Waals surface area contributed by atoms with E-state index in [-0.39, 0.29) is 0 Å². The highest BCUT2D eigenvalue weighted by Gasteiger charge is 2.07. The highest BCUT2D eigenvalue weighted by molar-refractivity contribution is 6.12. The van der Waals surface area contributed by atoms with Crippen molar-refractivity contribution in [2.45, 2.75) is 6.54 Å². The summed E-state index contributed by atoms with van der Waals surface area (Å²) in [5.41, 5.74) is 7.97. The minimum absolute atomic E-state index is 0.570. The van der Waals surface area contributed by atoms with Crippen LogP contribution in [0.15, 0.2) is 150 Å². The molecule has 3 nitrogen and oxygen atoms in total. The van der Waals surface area contributed by atoms with Gasteiger partial charge in [0.2, 0.25) is 0 Å². The molecule has 0 unspecified atom stereocenters. The van der Waals surface area contributed by atoms with Gasteiger partial charge in [0, 0.05) is 23.5 Å². The lowest BCUT2D eigenvalue weighted by Gasteiger charge is -2.09. The van der Waals surface area contributed by atoms with E-state index in [0.717, 1.165) is 44.8 Å². The summed E-state index contributed by atoms with van der Waals surface area (Å²) in [7, 11) is 0. The van der Waals surface area contributed by atoms with Gasteiger partial charge in [-0.2, -0.15) is 0 Å².